The smallest absolute Gasteiger partial charge is 0.270 e. The van der Waals surface area contributed by atoms with Crippen LogP contribution in [0.15, 0.2) is 71.5 Å². The second kappa shape index (κ2) is 8.68. The zero-order valence-corrected chi connectivity index (χ0v) is 13.9. The van der Waals surface area contributed by atoms with Crippen LogP contribution in [-0.4, -0.2) is 17.4 Å². The third-order valence-corrected chi connectivity index (χ3v) is 3.81. The molecule has 0 aliphatic rings. The number of amides is 1. The Balaban J connectivity index is 1.41. The van der Waals surface area contributed by atoms with Gasteiger partial charge in [0.25, 0.3) is 5.91 Å². The van der Waals surface area contributed by atoms with E-state index >= 15 is 0 Å². The molecule has 0 aliphatic carbocycles. The highest BCUT2D eigenvalue weighted by Crippen LogP contribution is 2.08. The summed E-state index contributed by atoms with van der Waals surface area (Å²) in [4.78, 5) is 16.2. The van der Waals surface area contributed by atoms with Crippen LogP contribution < -0.4 is 10.6 Å². The van der Waals surface area contributed by atoms with Crippen LogP contribution in [-0.2, 0) is 13.0 Å². The summed E-state index contributed by atoms with van der Waals surface area (Å²) in [6, 6.07) is 17.6. The minimum absolute atomic E-state index is 0.216. The van der Waals surface area contributed by atoms with Gasteiger partial charge < -0.3 is 15.1 Å². The van der Waals surface area contributed by atoms with Crippen LogP contribution in [0.4, 0.5) is 5.69 Å². The topological polar surface area (TPSA) is 67.2 Å². The Morgan fingerprint density at radius 3 is 2.64 bits per heavy atom. The Bertz CT molecular complexity index is 768. The van der Waals surface area contributed by atoms with E-state index in [1.165, 1.54) is 5.56 Å². The van der Waals surface area contributed by atoms with Gasteiger partial charge in [0.15, 0.2) is 0 Å². The number of anilines is 1. The van der Waals surface area contributed by atoms with Crippen molar-refractivity contribution in [3.05, 3.63) is 84.1 Å². The first-order valence-corrected chi connectivity index (χ1v) is 8.36. The van der Waals surface area contributed by atoms with Crippen molar-refractivity contribution in [3.63, 3.8) is 0 Å². The Hall–Kier alpha value is -3.08. The molecule has 25 heavy (non-hydrogen) atoms. The summed E-state index contributed by atoms with van der Waals surface area (Å²) in [7, 11) is 0. The molecule has 1 amide bonds. The number of aromatic nitrogens is 1. The van der Waals surface area contributed by atoms with Crippen LogP contribution in [0, 0.1) is 0 Å². The van der Waals surface area contributed by atoms with Gasteiger partial charge in [-0.15, -0.1) is 0 Å². The Morgan fingerprint density at radius 2 is 1.92 bits per heavy atom. The standard InChI is InChI=1S/C20H21N3O2/c24-20(23-15-18-9-5-13-25-18)19-11-10-17(14-22-19)21-12-4-8-16-6-2-1-3-7-16/h1-3,5-7,9-11,13-14,21H,4,8,12,15H2,(H,23,24). The molecule has 0 atom stereocenters. The van der Waals surface area contributed by atoms with E-state index in [4.69, 9.17) is 4.42 Å². The summed E-state index contributed by atoms with van der Waals surface area (Å²) >= 11 is 0. The number of hydrogen-bond acceptors (Lipinski definition) is 4. The number of carbonyl (C=O) groups is 1. The van der Waals surface area contributed by atoms with Gasteiger partial charge in [-0.05, 0) is 42.7 Å². The molecule has 0 unspecified atom stereocenters. The number of carbonyl (C=O) groups excluding carboxylic acids is 1. The number of nitrogens with zero attached hydrogens (tertiary/aromatic N) is 1. The fraction of sp³-hybridized carbons (Fsp3) is 0.200. The van der Waals surface area contributed by atoms with E-state index in [2.05, 4.69) is 39.9 Å². The van der Waals surface area contributed by atoms with Crippen LogP contribution >= 0.6 is 0 Å². The molecule has 3 rings (SSSR count). The summed E-state index contributed by atoms with van der Waals surface area (Å²) in [6.45, 7) is 1.22. The summed E-state index contributed by atoms with van der Waals surface area (Å²) in [5, 5.41) is 6.10. The van der Waals surface area contributed by atoms with E-state index in [1.807, 2.05) is 18.2 Å². The summed E-state index contributed by atoms with van der Waals surface area (Å²) in [6.07, 6.45) is 5.34. The lowest BCUT2D eigenvalue weighted by Gasteiger charge is -2.07. The predicted octanol–water partition coefficient (Wildman–Crippen LogP) is 3.65. The number of rotatable bonds is 8. The molecule has 2 aromatic heterocycles. The number of nitrogens with one attached hydrogen (secondary N) is 2. The molecule has 0 aliphatic heterocycles. The highest BCUT2D eigenvalue weighted by atomic mass is 16.3. The third kappa shape index (κ3) is 5.21. The van der Waals surface area contributed by atoms with Gasteiger partial charge in [0, 0.05) is 6.54 Å². The molecule has 128 valence electrons. The van der Waals surface area contributed by atoms with Crippen molar-refractivity contribution in [2.24, 2.45) is 0 Å². The minimum Gasteiger partial charge on any atom is -0.467 e. The van der Waals surface area contributed by atoms with Gasteiger partial charge >= 0.3 is 0 Å². The van der Waals surface area contributed by atoms with Gasteiger partial charge in [-0.3, -0.25) is 4.79 Å². The van der Waals surface area contributed by atoms with Crippen molar-refractivity contribution >= 4 is 11.6 Å². The van der Waals surface area contributed by atoms with Crippen molar-refractivity contribution in [3.8, 4) is 0 Å². The van der Waals surface area contributed by atoms with E-state index in [1.54, 1.807) is 24.6 Å². The van der Waals surface area contributed by atoms with Crippen LogP contribution in [0.5, 0.6) is 0 Å². The lowest BCUT2D eigenvalue weighted by Crippen LogP contribution is -2.23. The lowest BCUT2D eigenvalue weighted by atomic mass is 10.1. The molecule has 0 radical (unpaired) electrons. The highest BCUT2D eigenvalue weighted by molar-refractivity contribution is 5.92. The molecule has 1 aromatic carbocycles. The molecular formula is C20H21N3O2. The maximum absolute atomic E-state index is 12.0. The van der Waals surface area contributed by atoms with Gasteiger partial charge in [-0.25, -0.2) is 4.98 Å². The molecule has 5 heteroatoms. The molecule has 0 bridgehead atoms. The summed E-state index contributed by atoms with van der Waals surface area (Å²) in [5.41, 5.74) is 2.64. The normalized spacial score (nSPS) is 10.4. The fourth-order valence-corrected chi connectivity index (χ4v) is 2.47. The number of hydrogen-bond donors (Lipinski definition) is 2. The second-order valence-electron chi connectivity index (χ2n) is 5.71. The molecule has 0 fully saturated rings. The number of pyridine rings is 1. The number of aryl methyl sites for hydroxylation is 1. The summed E-state index contributed by atoms with van der Waals surface area (Å²) in [5.74, 6) is 0.497. The lowest BCUT2D eigenvalue weighted by molar-refractivity contribution is 0.0943. The maximum atomic E-state index is 12.0. The number of benzene rings is 1. The third-order valence-electron chi connectivity index (χ3n) is 3.81. The van der Waals surface area contributed by atoms with Crippen molar-refractivity contribution in [1.82, 2.24) is 10.3 Å². The van der Waals surface area contributed by atoms with Crippen LogP contribution in [0.2, 0.25) is 0 Å². The molecule has 0 saturated carbocycles. The van der Waals surface area contributed by atoms with Crippen molar-refractivity contribution in [1.29, 1.82) is 0 Å². The van der Waals surface area contributed by atoms with Crippen molar-refractivity contribution in [2.45, 2.75) is 19.4 Å². The average molecular weight is 335 g/mol. The molecule has 3 aromatic rings. The Labute approximate surface area is 147 Å². The van der Waals surface area contributed by atoms with Gasteiger partial charge in [-0.2, -0.15) is 0 Å². The first-order chi connectivity index (χ1) is 12.3. The van der Waals surface area contributed by atoms with Gasteiger partial charge in [-0.1, -0.05) is 30.3 Å². The predicted molar refractivity (Wildman–Crippen MR) is 97.4 cm³/mol. The molecule has 5 nitrogen and oxygen atoms in total. The zero-order chi connectivity index (χ0) is 17.3. The van der Waals surface area contributed by atoms with Crippen molar-refractivity contribution in [2.75, 3.05) is 11.9 Å². The molecule has 0 spiro atoms. The second-order valence-corrected chi connectivity index (χ2v) is 5.71. The van der Waals surface area contributed by atoms with Gasteiger partial charge in [0.2, 0.25) is 0 Å². The van der Waals surface area contributed by atoms with Crippen LogP contribution in [0.25, 0.3) is 0 Å². The van der Waals surface area contributed by atoms with E-state index in [9.17, 15) is 4.79 Å². The summed E-state index contributed by atoms with van der Waals surface area (Å²) < 4.78 is 5.18. The van der Waals surface area contributed by atoms with Crippen molar-refractivity contribution < 1.29 is 9.21 Å². The Morgan fingerprint density at radius 1 is 1.04 bits per heavy atom. The zero-order valence-electron chi connectivity index (χ0n) is 13.9. The first-order valence-electron chi connectivity index (χ1n) is 8.36. The largest absolute Gasteiger partial charge is 0.467 e. The maximum Gasteiger partial charge on any atom is 0.270 e. The van der Waals surface area contributed by atoms with E-state index in [-0.39, 0.29) is 5.91 Å². The molecule has 2 N–H and O–H groups in total. The van der Waals surface area contributed by atoms with E-state index in [0.29, 0.717) is 18.0 Å². The molecule has 0 saturated heterocycles. The van der Waals surface area contributed by atoms with Gasteiger partial charge in [0.1, 0.15) is 11.5 Å². The quantitative estimate of drug-likeness (QED) is 0.617. The molecule has 2 heterocycles. The monoisotopic (exact) mass is 335 g/mol. The average Bonchev–Trinajstić information content (AvgIpc) is 3.18. The Kier molecular flexibility index (Phi) is 5.82. The number of furan rings is 1. The van der Waals surface area contributed by atoms with Crippen LogP contribution in [0.3, 0.4) is 0 Å². The minimum atomic E-state index is -0.216. The van der Waals surface area contributed by atoms with E-state index in [0.717, 1.165) is 25.1 Å². The van der Waals surface area contributed by atoms with Gasteiger partial charge in [0.05, 0.1) is 24.7 Å². The fourth-order valence-electron chi connectivity index (χ4n) is 2.47. The molecular weight excluding hydrogens is 314 g/mol. The first kappa shape index (κ1) is 16.8. The van der Waals surface area contributed by atoms with E-state index < -0.39 is 0 Å². The highest BCUT2D eigenvalue weighted by Gasteiger charge is 2.07. The van der Waals surface area contributed by atoms with Crippen LogP contribution in [0.1, 0.15) is 28.2 Å². The SMILES string of the molecule is O=C(NCc1ccco1)c1ccc(NCCCc2ccccc2)cn1.